The fourth-order valence-corrected chi connectivity index (χ4v) is 3.79. The molecule has 6 nitrogen and oxygen atoms in total. The SMILES string of the molecule is CN=C(NCc1ccc(Br)c(F)c1)N1CCC(C(=O)N2CCOCC2)CC1. The molecule has 148 valence electrons. The van der Waals surface area contributed by atoms with E-state index in [2.05, 4.69) is 31.1 Å². The predicted octanol–water partition coefficient (Wildman–Crippen LogP) is 2.23. The minimum absolute atomic E-state index is 0.0815. The highest BCUT2D eigenvalue weighted by atomic mass is 79.9. The first-order valence-corrected chi connectivity index (χ1v) is 10.1. The molecule has 2 aliphatic heterocycles. The fraction of sp³-hybridized carbons (Fsp3) is 0.579. The lowest BCUT2D eigenvalue weighted by molar-refractivity contribution is -0.140. The number of aliphatic imine (C=N–C) groups is 1. The first kappa shape index (κ1) is 20.1. The highest BCUT2D eigenvalue weighted by Crippen LogP contribution is 2.21. The van der Waals surface area contributed by atoms with E-state index < -0.39 is 0 Å². The van der Waals surface area contributed by atoms with E-state index in [0.717, 1.165) is 37.5 Å². The summed E-state index contributed by atoms with van der Waals surface area (Å²) < 4.78 is 19.4. The monoisotopic (exact) mass is 440 g/mol. The number of benzene rings is 1. The number of likely N-dealkylation sites (tertiary alicyclic amines) is 1. The van der Waals surface area contributed by atoms with E-state index in [-0.39, 0.29) is 17.6 Å². The number of guanidine groups is 1. The maximum absolute atomic E-state index is 13.7. The summed E-state index contributed by atoms with van der Waals surface area (Å²) in [5.41, 5.74) is 0.856. The van der Waals surface area contributed by atoms with Crippen LogP contribution in [-0.2, 0) is 16.1 Å². The van der Waals surface area contributed by atoms with Crippen LogP contribution >= 0.6 is 15.9 Å². The molecule has 1 amide bonds. The topological polar surface area (TPSA) is 57.2 Å². The Bertz CT molecular complexity index is 686. The summed E-state index contributed by atoms with van der Waals surface area (Å²) in [4.78, 5) is 21.1. The summed E-state index contributed by atoms with van der Waals surface area (Å²) in [6.07, 6.45) is 1.65. The van der Waals surface area contributed by atoms with Crippen molar-refractivity contribution in [3.8, 4) is 0 Å². The molecule has 1 aromatic rings. The number of rotatable bonds is 3. The average molecular weight is 441 g/mol. The molecular formula is C19H26BrFN4O2. The van der Waals surface area contributed by atoms with E-state index in [1.807, 2.05) is 11.0 Å². The van der Waals surface area contributed by atoms with Gasteiger partial charge in [-0.25, -0.2) is 4.39 Å². The number of ether oxygens (including phenoxy) is 1. The molecule has 0 radical (unpaired) electrons. The van der Waals surface area contributed by atoms with Crippen molar-refractivity contribution in [1.29, 1.82) is 0 Å². The Morgan fingerprint density at radius 2 is 1.96 bits per heavy atom. The van der Waals surface area contributed by atoms with Gasteiger partial charge in [0, 0.05) is 45.7 Å². The average Bonchev–Trinajstić information content (AvgIpc) is 2.71. The molecule has 1 N–H and O–H groups in total. The third-order valence-electron chi connectivity index (χ3n) is 5.11. The summed E-state index contributed by atoms with van der Waals surface area (Å²) >= 11 is 3.17. The molecule has 8 heteroatoms. The molecule has 0 aromatic heterocycles. The molecule has 0 bridgehead atoms. The van der Waals surface area contributed by atoms with Crippen LogP contribution in [0.2, 0.25) is 0 Å². The predicted molar refractivity (Wildman–Crippen MR) is 106 cm³/mol. The molecule has 3 rings (SSSR count). The number of nitrogens with one attached hydrogen (secondary N) is 1. The van der Waals surface area contributed by atoms with E-state index in [9.17, 15) is 9.18 Å². The molecule has 2 heterocycles. The van der Waals surface area contributed by atoms with Gasteiger partial charge >= 0.3 is 0 Å². The van der Waals surface area contributed by atoms with Crippen molar-refractivity contribution in [2.45, 2.75) is 19.4 Å². The number of nitrogens with zero attached hydrogens (tertiary/aromatic N) is 3. The van der Waals surface area contributed by atoms with E-state index in [1.54, 1.807) is 13.1 Å². The Kier molecular flexibility index (Phi) is 7.07. The number of morpholine rings is 1. The fourth-order valence-electron chi connectivity index (χ4n) is 3.54. The van der Waals surface area contributed by atoms with Crippen molar-refractivity contribution in [2.24, 2.45) is 10.9 Å². The maximum atomic E-state index is 13.7. The summed E-state index contributed by atoms with van der Waals surface area (Å²) in [7, 11) is 1.75. The Hall–Kier alpha value is -1.67. The molecule has 1 aromatic carbocycles. The van der Waals surface area contributed by atoms with Crippen LogP contribution in [0.1, 0.15) is 18.4 Å². The van der Waals surface area contributed by atoms with Crippen molar-refractivity contribution in [3.05, 3.63) is 34.1 Å². The zero-order valence-corrected chi connectivity index (χ0v) is 17.2. The van der Waals surface area contributed by atoms with E-state index in [1.165, 1.54) is 6.07 Å². The molecule has 2 saturated heterocycles. The smallest absolute Gasteiger partial charge is 0.225 e. The van der Waals surface area contributed by atoms with Gasteiger partial charge in [-0.05, 0) is 46.5 Å². The van der Waals surface area contributed by atoms with Crippen LogP contribution < -0.4 is 5.32 Å². The van der Waals surface area contributed by atoms with Crippen LogP contribution in [0.3, 0.4) is 0 Å². The largest absolute Gasteiger partial charge is 0.378 e. The summed E-state index contributed by atoms with van der Waals surface area (Å²) in [6, 6.07) is 5.09. The molecular weight excluding hydrogens is 415 g/mol. The van der Waals surface area contributed by atoms with Gasteiger partial charge in [-0.2, -0.15) is 0 Å². The van der Waals surface area contributed by atoms with Gasteiger partial charge in [-0.15, -0.1) is 0 Å². The summed E-state index contributed by atoms with van der Waals surface area (Å²) in [6.45, 7) is 4.75. The van der Waals surface area contributed by atoms with Crippen molar-refractivity contribution >= 4 is 27.8 Å². The second kappa shape index (κ2) is 9.50. The molecule has 2 aliphatic rings. The highest BCUT2D eigenvalue weighted by Gasteiger charge is 2.30. The second-order valence-electron chi connectivity index (χ2n) is 6.85. The van der Waals surface area contributed by atoms with Gasteiger partial charge in [0.05, 0.1) is 17.7 Å². The van der Waals surface area contributed by atoms with Gasteiger partial charge in [0.1, 0.15) is 5.82 Å². The van der Waals surface area contributed by atoms with Crippen LogP contribution in [-0.4, -0.2) is 68.1 Å². The number of piperidine rings is 1. The standard InChI is InChI=1S/C19H26BrFN4O2/c1-22-19(23-13-14-2-3-16(20)17(21)12-14)25-6-4-15(5-7-25)18(26)24-8-10-27-11-9-24/h2-3,12,15H,4-11,13H2,1H3,(H,22,23). The minimum atomic E-state index is -0.272. The molecule has 2 fully saturated rings. The molecule has 0 saturated carbocycles. The van der Waals surface area contributed by atoms with Crippen molar-refractivity contribution < 1.29 is 13.9 Å². The van der Waals surface area contributed by atoms with Crippen LogP contribution in [0, 0.1) is 11.7 Å². The third-order valence-corrected chi connectivity index (χ3v) is 5.76. The lowest BCUT2D eigenvalue weighted by Gasteiger charge is -2.36. The Morgan fingerprint density at radius 1 is 1.26 bits per heavy atom. The van der Waals surface area contributed by atoms with Gasteiger partial charge in [0.2, 0.25) is 5.91 Å². The number of amides is 1. The Morgan fingerprint density at radius 3 is 2.59 bits per heavy atom. The van der Waals surface area contributed by atoms with Crippen LogP contribution in [0.4, 0.5) is 4.39 Å². The van der Waals surface area contributed by atoms with E-state index in [0.29, 0.717) is 37.3 Å². The number of hydrogen-bond acceptors (Lipinski definition) is 3. The van der Waals surface area contributed by atoms with Crippen LogP contribution in [0.25, 0.3) is 0 Å². The zero-order valence-electron chi connectivity index (χ0n) is 15.6. The second-order valence-corrected chi connectivity index (χ2v) is 7.70. The lowest BCUT2D eigenvalue weighted by atomic mass is 9.95. The number of carbonyl (C=O) groups excluding carboxylic acids is 1. The van der Waals surface area contributed by atoms with E-state index >= 15 is 0 Å². The van der Waals surface area contributed by atoms with Gasteiger partial charge in [0.15, 0.2) is 5.96 Å². The highest BCUT2D eigenvalue weighted by molar-refractivity contribution is 9.10. The normalized spacial score (nSPS) is 19.3. The number of hydrogen-bond donors (Lipinski definition) is 1. The number of carbonyl (C=O) groups is 1. The molecule has 27 heavy (non-hydrogen) atoms. The van der Waals surface area contributed by atoms with Crippen molar-refractivity contribution in [3.63, 3.8) is 0 Å². The maximum Gasteiger partial charge on any atom is 0.225 e. The first-order chi connectivity index (χ1) is 13.1. The molecule has 0 unspecified atom stereocenters. The van der Waals surface area contributed by atoms with Gasteiger partial charge in [-0.1, -0.05) is 6.07 Å². The van der Waals surface area contributed by atoms with Gasteiger partial charge in [0.25, 0.3) is 0 Å². The lowest BCUT2D eigenvalue weighted by Crippen LogP contribution is -2.49. The van der Waals surface area contributed by atoms with Crippen LogP contribution in [0.15, 0.2) is 27.7 Å². The summed E-state index contributed by atoms with van der Waals surface area (Å²) in [5, 5.41) is 3.29. The van der Waals surface area contributed by atoms with Crippen molar-refractivity contribution in [1.82, 2.24) is 15.1 Å². The van der Waals surface area contributed by atoms with E-state index in [4.69, 9.17) is 4.74 Å². The van der Waals surface area contributed by atoms with Crippen molar-refractivity contribution in [2.75, 3.05) is 46.4 Å². The zero-order chi connectivity index (χ0) is 19.2. The first-order valence-electron chi connectivity index (χ1n) is 9.34. The Balaban J connectivity index is 1.49. The Labute approximate surface area is 167 Å². The quantitative estimate of drug-likeness (QED) is 0.578. The molecule has 0 spiro atoms. The molecule has 0 atom stereocenters. The van der Waals surface area contributed by atoms with Gasteiger partial charge < -0.3 is 19.9 Å². The molecule has 0 aliphatic carbocycles. The third kappa shape index (κ3) is 5.19. The summed E-state index contributed by atoms with van der Waals surface area (Å²) in [5.74, 6) is 0.853. The minimum Gasteiger partial charge on any atom is -0.378 e. The van der Waals surface area contributed by atoms with Gasteiger partial charge in [-0.3, -0.25) is 9.79 Å². The number of halogens is 2. The van der Waals surface area contributed by atoms with Crippen LogP contribution in [0.5, 0.6) is 0 Å².